The van der Waals surface area contributed by atoms with Crippen LogP contribution < -0.4 is 5.73 Å². The maximum atomic E-state index is 11.4. The quantitative estimate of drug-likeness (QED) is 0.845. The number of hydrogen-bond donors (Lipinski definition) is 1. The molecule has 0 amide bonds. The predicted octanol–water partition coefficient (Wildman–Crippen LogP) is 2.63. The summed E-state index contributed by atoms with van der Waals surface area (Å²) < 4.78 is 0.992. The fourth-order valence-corrected chi connectivity index (χ4v) is 1.58. The maximum Gasteiger partial charge on any atom is 0.176 e. The van der Waals surface area contributed by atoms with E-state index in [1.54, 1.807) is 0 Å². The Balaban J connectivity index is 0.00000169. The van der Waals surface area contributed by atoms with E-state index in [1.807, 2.05) is 26.0 Å². The van der Waals surface area contributed by atoms with Gasteiger partial charge >= 0.3 is 0 Å². The fourth-order valence-electron chi connectivity index (χ4n) is 1.23. The van der Waals surface area contributed by atoms with Gasteiger partial charge in [-0.25, -0.2) is 0 Å². The Morgan fingerprint density at radius 1 is 1.43 bits per heavy atom. The van der Waals surface area contributed by atoms with E-state index in [9.17, 15) is 4.79 Å². The van der Waals surface area contributed by atoms with Crippen LogP contribution in [0.15, 0.2) is 16.6 Å². The molecule has 0 saturated heterocycles. The van der Waals surface area contributed by atoms with E-state index in [0.29, 0.717) is 5.56 Å². The molecule has 1 rings (SSSR count). The summed E-state index contributed by atoms with van der Waals surface area (Å²) in [6.07, 6.45) is 0. The van der Waals surface area contributed by atoms with Crippen molar-refractivity contribution in [3.63, 3.8) is 0 Å². The first-order valence-electron chi connectivity index (χ1n) is 4.07. The third-order valence-corrected chi connectivity index (χ3v) is 3.29. The van der Waals surface area contributed by atoms with Crippen molar-refractivity contribution in [3.8, 4) is 0 Å². The van der Waals surface area contributed by atoms with Crippen molar-refractivity contribution < 1.29 is 4.79 Å². The summed E-state index contributed by atoms with van der Waals surface area (Å²) in [5, 5.41) is 0. The molecule has 2 N–H and O–H groups in total. The van der Waals surface area contributed by atoms with Gasteiger partial charge in [0.15, 0.2) is 5.78 Å². The average Bonchev–Trinajstić information content (AvgIpc) is 2.13. The molecule has 0 fully saturated rings. The number of hydrogen-bond acceptors (Lipinski definition) is 2. The lowest BCUT2D eigenvalue weighted by molar-refractivity contribution is 0.100. The van der Waals surface area contributed by atoms with Gasteiger partial charge in [0.1, 0.15) is 0 Å². The lowest BCUT2D eigenvalue weighted by Gasteiger charge is -2.07. The van der Waals surface area contributed by atoms with Gasteiger partial charge in [-0.15, -0.1) is 12.4 Å². The summed E-state index contributed by atoms with van der Waals surface area (Å²) in [6, 6.07) is 3.74. The molecule has 0 aliphatic carbocycles. The second-order valence-electron chi connectivity index (χ2n) is 3.00. The minimum Gasteiger partial charge on any atom is -0.324 e. The van der Waals surface area contributed by atoms with Crippen LogP contribution in [0.5, 0.6) is 0 Å². The van der Waals surface area contributed by atoms with Crippen molar-refractivity contribution >= 4 is 34.1 Å². The van der Waals surface area contributed by atoms with Crippen molar-refractivity contribution in [1.82, 2.24) is 0 Å². The third-order valence-electron chi connectivity index (χ3n) is 2.07. The fraction of sp³-hybridized carbons (Fsp3) is 0.300. The molecule has 0 bridgehead atoms. The Labute approximate surface area is 98.4 Å². The van der Waals surface area contributed by atoms with Crippen LogP contribution >= 0.6 is 28.3 Å². The highest BCUT2D eigenvalue weighted by molar-refractivity contribution is 9.10. The Bertz CT molecular complexity index is 352. The SMILES string of the molecule is Cc1ccc(C(=O)CN)c(C)c1Br.Cl. The molecule has 0 radical (unpaired) electrons. The van der Waals surface area contributed by atoms with Crippen molar-refractivity contribution in [2.75, 3.05) is 6.54 Å². The van der Waals surface area contributed by atoms with Gasteiger partial charge in [0.05, 0.1) is 6.54 Å². The molecule has 0 unspecified atom stereocenters. The van der Waals surface area contributed by atoms with Gasteiger partial charge in [-0.1, -0.05) is 28.1 Å². The highest BCUT2D eigenvalue weighted by Crippen LogP contribution is 2.23. The van der Waals surface area contributed by atoms with Crippen molar-refractivity contribution in [2.45, 2.75) is 13.8 Å². The Morgan fingerprint density at radius 3 is 2.50 bits per heavy atom. The summed E-state index contributed by atoms with van der Waals surface area (Å²) in [5.74, 6) is -0.0156. The molecule has 78 valence electrons. The van der Waals surface area contributed by atoms with Gasteiger partial charge < -0.3 is 5.73 Å². The molecule has 0 atom stereocenters. The number of rotatable bonds is 2. The van der Waals surface area contributed by atoms with Gasteiger partial charge in [0.2, 0.25) is 0 Å². The molecule has 0 aromatic heterocycles. The number of ketones is 1. The Hall–Kier alpha value is -0.380. The molecule has 0 aliphatic rings. The first kappa shape index (κ1) is 13.6. The molecule has 1 aromatic carbocycles. The third kappa shape index (κ3) is 2.56. The van der Waals surface area contributed by atoms with Crippen LogP contribution in [-0.4, -0.2) is 12.3 Å². The maximum absolute atomic E-state index is 11.4. The molecule has 2 nitrogen and oxygen atoms in total. The van der Waals surface area contributed by atoms with Crippen LogP contribution in [0.2, 0.25) is 0 Å². The Kier molecular flexibility index (Phi) is 5.34. The van der Waals surface area contributed by atoms with Crippen molar-refractivity contribution in [2.24, 2.45) is 5.73 Å². The lowest BCUT2D eigenvalue weighted by atomic mass is 10.0. The molecular weight excluding hydrogens is 265 g/mol. The van der Waals surface area contributed by atoms with Crippen LogP contribution in [0.3, 0.4) is 0 Å². The number of carbonyl (C=O) groups excluding carboxylic acids is 1. The molecule has 0 spiro atoms. The lowest BCUT2D eigenvalue weighted by Crippen LogP contribution is -2.15. The van der Waals surface area contributed by atoms with E-state index in [1.165, 1.54) is 0 Å². The average molecular weight is 279 g/mol. The van der Waals surface area contributed by atoms with Crippen LogP contribution in [0.25, 0.3) is 0 Å². The van der Waals surface area contributed by atoms with E-state index in [-0.39, 0.29) is 24.7 Å². The minimum atomic E-state index is -0.0156. The largest absolute Gasteiger partial charge is 0.324 e. The van der Waals surface area contributed by atoms with E-state index in [4.69, 9.17) is 5.73 Å². The monoisotopic (exact) mass is 277 g/mol. The number of benzene rings is 1. The number of aryl methyl sites for hydroxylation is 1. The summed E-state index contributed by atoms with van der Waals surface area (Å²) in [5.41, 5.74) is 8.10. The second-order valence-corrected chi connectivity index (χ2v) is 3.79. The summed E-state index contributed by atoms with van der Waals surface area (Å²) in [6.45, 7) is 3.98. The van der Waals surface area contributed by atoms with Gasteiger partial charge in [-0.3, -0.25) is 4.79 Å². The second kappa shape index (κ2) is 5.49. The van der Waals surface area contributed by atoms with E-state index >= 15 is 0 Å². The van der Waals surface area contributed by atoms with Crippen LogP contribution in [-0.2, 0) is 0 Å². The highest BCUT2D eigenvalue weighted by atomic mass is 79.9. The van der Waals surface area contributed by atoms with Gasteiger partial charge in [-0.05, 0) is 25.0 Å². The standard InChI is InChI=1S/C10H12BrNO.ClH/c1-6-3-4-8(9(13)5-12)7(2)10(6)11;/h3-4H,5,12H2,1-2H3;1H. The van der Waals surface area contributed by atoms with Crippen LogP contribution in [0.1, 0.15) is 21.5 Å². The van der Waals surface area contributed by atoms with E-state index < -0.39 is 0 Å². The molecule has 14 heavy (non-hydrogen) atoms. The molecule has 0 aliphatic heterocycles. The molecule has 1 aromatic rings. The summed E-state index contributed by atoms with van der Waals surface area (Å²) >= 11 is 3.43. The Morgan fingerprint density at radius 2 is 2.00 bits per heavy atom. The van der Waals surface area contributed by atoms with E-state index in [0.717, 1.165) is 15.6 Å². The van der Waals surface area contributed by atoms with E-state index in [2.05, 4.69) is 15.9 Å². The van der Waals surface area contributed by atoms with Gasteiger partial charge in [0, 0.05) is 10.0 Å². The topological polar surface area (TPSA) is 43.1 Å². The number of carbonyl (C=O) groups is 1. The van der Waals surface area contributed by atoms with Crippen LogP contribution in [0.4, 0.5) is 0 Å². The van der Waals surface area contributed by atoms with Gasteiger partial charge in [0.25, 0.3) is 0 Å². The number of nitrogens with two attached hydrogens (primary N) is 1. The zero-order valence-electron chi connectivity index (χ0n) is 8.13. The molecule has 0 saturated carbocycles. The zero-order chi connectivity index (χ0) is 10.0. The zero-order valence-corrected chi connectivity index (χ0v) is 10.5. The molecular formula is C10H13BrClNO. The van der Waals surface area contributed by atoms with Crippen molar-refractivity contribution in [1.29, 1.82) is 0 Å². The predicted molar refractivity (Wildman–Crippen MR) is 64.2 cm³/mol. The van der Waals surface area contributed by atoms with Crippen molar-refractivity contribution in [3.05, 3.63) is 33.3 Å². The summed E-state index contributed by atoms with van der Waals surface area (Å²) in [4.78, 5) is 11.4. The normalized spacial score (nSPS) is 9.43. The highest BCUT2D eigenvalue weighted by Gasteiger charge is 2.10. The molecule has 0 heterocycles. The van der Waals surface area contributed by atoms with Gasteiger partial charge in [-0.2, -0.15) is 0 Å². The summed E-state index contributed by atoms with van der Waals surface area (Å²) in [7, 11) is 0. The minimum absolute atomic E-state index is 0. The van der Waals surface area contributed by atoms with Crippen LogP contribution in [0, 0.1) is 13.8 Å². The number of Topliss-reactive ketones (excluding diaryl/α,β-unsaturated/α-hetero) is 1. The smallest absolute Gasteiger partial charge is 0.176 e. The first-order valence-corrected chi connectivity index (χ1v) is 4.86. The number of halogens is 2. The first-order chi connectivity index (χ1) is 6.07. The molecule has 4 heteroatoms.